The highest BCUT2D eigenvalue weighted by atomic mass is 35.5. The van der Waals surface area contributed by atoms with Crippen molar-refractivity contribution in [3.8, 4) is 11.5 Å². The molecular formula is C11H11ClN2O. The first-order valence-electron chi connectivity index (χ1n) is 4.74. The third kappa shape index (κ3) is 2.36. The van der Waals surface area contributed by atoms with Crippen LogP contribution >= 0.6 is 11.6 Å². The zero-order chi connectivity index (χ0) is 10.7. The Morgan fingerprint density at radius 3 is 2.87 bits per heavy atom. The van der Waals surface area contributed by atoms with Gasteiger partial charge in [-0.05, 0) is 25.1 Å². The van der Waals surface area contributed by atoms with Gasteiger partial charge in [0.15, 0.2) is 5.76 Å². The molecule has 0 spiro atoms. The summed E-state index contributed by atoms with van der Waals surface area (Å²) >= 11 is 5.64. The Kier molecular flexibility index (Phi) is 3.02. The van der Waals surface area contributed by atoms with E-state index in [-0.39, 0.29) is 0 Å². The minimum absolute atomic E-state index is 0.528. The van der Waals surface area contributed by atoms with Crippen LogP contribution in [0.4, 0.5) is 0 Å². The first kappa shape index (κ1) is 10.2. The predicted molar refractivity (Wildman–Crippen MR) is 58.9 cm³/mol. The normalized spacial score (nSPS) is 10.5. The Morgan fingerprint density at radius 1 is 1.33 bits per heavy atom. The third-order valence-electron chi connectivity index (χ3n) is 2.02. The van der Waals surface area contributed by atoms with Crippen LogP contribution in [0.1, 0.15) is 11.6 Å². The fourth-order valence-corrected chi connectivity index (χ4v) is 1.48. The van der Waals surface area contributed by atoms with E-state index in [1.165, 1.54) is 0 Å². The lowest BCUT2D eigenvalue weighted by Gasteiger charge is -1.99. The minimum atomic E-state index is 0.528. The van der Waals surface area contributed by atoms with Crippen molar-refractivity contribution in [3.05, 3.63) is 36.0 Å². The molecule has 2 aromatic rings. The quantitative estimate of drug-likeness (QED) is 0.750. The number of aromatic nitrogens is 2. The number of nitrogens with zero attached hydrogens (tertiary/aromatic N) is 2. The molecule has 4 heteroatoms. The van der Waals surface area contributed by atoms with Crippen LogP contribution in [0, 0.1) is 6.92 Å². The standard InChI is InChI=1S/C11H11ClN2O/c1-8-2-3-10(15-8)9-5-7-13-11(14-9)4-6-12/h2-3,5,7H,4,6H2,1H3. The average Bonchev–Trinajstić information content (AvgIpc) is 2.66. The Hall–Kier alpha value is -1.35. The average molecular weight is 223 g/mol. The summed E-state index contributed by atoms with van der Waals surface area (Å²) in [6, 6.07) is 5.65. The number of rotatable bonds is 3. The van der Waals surface area contributed by atoms with Crippen LogP contribution in [0.15, 0.2) is 28.8 Å². The van der Waals surface area contributed by atoms with E-state index >= 15 is 0 Å². The molecule has 0 atom stereocenters. The van der Waals surface area contributed by atoms with Crippen molar-refractivity contribution < 1.29 is 4.42 Å². The summed E-state index contributed by atoms with van der Waals surface area (Å²) in [7, 11) is 0. The highest BCUT2D eigenvalue weighted by molar-refractivity contribution is 6.17. The van der Waals surface area contributed by atoms with Crippen LogP contribution in [-0.4, -0.2) is 15.8 Å². The van der Waals surface area contributed by atoms with Crippen molar-refractivity contribution in [2.24, 2.45) is 0 Å². The molecule has 0 aliphatic carbocycles. The second-order valence-corrected chi connectivity index (χ2v) is 3.59. The van der Waals surface area contributed by atoms with E-state index in [2.05, 4.69) is 9.97 Å². The fraction of sp³-hybridized carbons (Fsp3) is 0.273. The Bertz CT molecular complexity index is 453. The number of hydrogen-bond acceptors (Lipinski definition) is 3. The summed E-state index contributed by atoms with van der Waals surface area (Å²) in [5.74, 6) is 2.92. The van der Waals surface area contributed by atoms with Crippen molar-refractivity contribution in [1.82, 2.24) is 9.97 Å². The Morgan fingerprint density at radius 2 is 2.20 bits per heavy atom. The number of furan rings is 1. The van der Waals surface area contributed by atoms with Gasteiger partial charge in [-0.1, -0.05) is 0 Å². The number of halogens is 1. The molecule has 0 fully saturated rings. The summed E-state index contributed by atoms with van der Waals surface area (Å²) in [5, 5.41) is 0. The molecule has 0 aliphatic heterocycles. The van der Waals surface area contributed by atoms with E-state index < -0.39 is 0 Å². The van der Waals surface area contributed by atoms with Crippen LogP contribution < -0.4 is 0 Å². The summed E-state index contributed by atoms with van der Waals surface area (Å²) < 4.78 is 5.48. The SMILES string of the molecule is Cc1ccc(-c2ccnc(CCCl)n2)o1. The molecule has 2 aromatic heterocycles. The summed E-state index contributed by atoms with van der Waals surface area (Å²) in [4.78, 5) is 8.48. The largest absolute Gasteiger partial charge is 0.460 e. The summed E-state index contributed by atoms with van der Waals surface area (Å²) in [6.45, 7) is 1.91. The summed E-state index contributed by atoms with van der Waals surface area (Å²) in [5.41, 5.74) is 0.804. The van der Waals surface area contributed by atoms with Crippen LogP contribution in [0.2, 0.25) is 0 Å². The molecule has 0 aliphatic rings. The number of alkyl halides is 1. The molecule has 0 unspecified atom stereocenters. The molecule has 0 N–H and O–H groups in total. The van der Waals surface area contributed by atoms with E-state index in [4.69, 9.17) is 16.0 Å². The van der Waals surface area contributed by atoms with Crippen molar-refractivity contribution >= 4 is 11.6 Å². The van der Waals surface area contributed by atoms with Gasteiger partial charge in [0.1, 0.15) is 17.3 Å². The van der Waals surface area contributed by atoms with Gasteiger partial charge in [0, 0.05) is 18.5 Å². The molecule has 2 heterocycles. The molecule has 0 saturated carbocycles. The highest BCUT2D eigenvalue weighted by Gasteiger charge is 2.05. The van der Waals surface area contributed by atoms with Gasteiger partial charge in [0.25, 0.3) is 0 Å². The van der Waals surface area contributed by atoms with Gasteiger partial charge < -0.3 is 4.42 Å². The molecule has 15 heavy (non-hydrogen) atoms. The first-order chi connectivity index (χ1) is 7.29. The monoisotopic (exact) mass is 222 g/mol. The maximum atomic E-state index is 5.64. The zero-order valence-corrected chi connectivity index (χ0v) is 9.16. The molecule has 3 nitrogen and oxygen atoms in total. The zero-order valence-electron chi connectivity index (χ0n) is 8.40. The van der Waals surface area contributed by atoms with E-state index in [1.807, 2.05) is 25.1 Å². The Labute approximate surface area is 93.1 Å². The first-order valence-corrected chi connectivity index (χ1v) is 5.28. The number of aryl methyl sites for hydroxylation is 2. The lowest BCUT2D eigenvalue weighted by molar-refractivity contribution is 0.546. The molecule has 0 radical (unpaired) electrons. The van der Waals surface area contributed by atoms with Crippen molar-refractivity contribution in [1.29, 1.82) is 0 Å². The van der Waals surface area contributed by atoms with Crippen LogP contribution in [0.3, 0.4) is 0 Å². The molecule has 0 bridgehead atoms. The second-order valence-electron chi connectivity index (χ2n) is 3.21. The van der Waals surface area contributed by atoms with Gasteiger partial charge in [0.05, 0.1) is 0 Å². The molecule has 0 amide bonds. The smallest absolute Gasteiger partial charge is 0.152 e. The Balaban J connectivity index is 2.32. The highest BCUT2D eigenvalue weighted by Crippen LogP contribution is 2.19. The van der Waals surface area contributed by atoms with E-state index in [9.17, 15) is 0 Å². The van der Waals surface area contributed by atoms with E-state index in [1.54, 1.807) is 6.20 Å². The maximum Gasteiger partial charge on any atom is 0.152 e. The molecule has 0 aromatic carbocycles. The van der Waals surface area contributed by atoms with Crippen molar-refractivity contribution in [2.45, 2.75) is 13.3 Å². The number of hydrogen-bond donors (Lipinski definition) is 0. The van der Waals surface area contributed by atoms with Gasteiger partial charge in [0.2, 0.25) is 0 Å². The van der Waals surface area contributed by atoms with Gasteiger partial charge in [-0.3, -0.25) is 0 Å². The second kappa shape index (κ2) is 4.45. The summed E-state index contributed by atoms with van der Waals surface area (Å²) in [6.07, 6.45) is 2.40. The molecule has 2 rings (SSSR count). The van der Waals surface area contributed by atoms with Crippen LogP contribution in [0.25, 0.3) is 11.5 Å². The van der Waals surface area contributed by atoms with Gasteiger partial charge in [-0.15, -0.1) is 11.6 Å². The van der Waals surface area contributed by atoms with Crippen molar-refractivity contribution in [2.75, 3.05) is 5.88 Å². The fourth-order valence-electron chi connectivity index (χ4n) is 1.31. The van der Waals surface area contributed by atoms with Gasteiger partial charge in [-0.2, -0.15) is 0 Å². The van der Waals surface area contributed by atoms with Crippen LogP contribution in [-0.2, 0) is 6.42 Å². The van der Waals surface area contributed by atoms with E-state index in [0.717, 1.165) is 23.0 Å². The topological polar surface area (TPSA) is 38.9 Å². The third-order valence-corrected chi connectivity index (χ3v) is 2.21. The molecule has 78 valence electrons. The van der Waals surface area contributed by atoms with E-state index in [0.29, 0.717) is 12.3 Å². The van der Waals surface area contributed by atoms with Gasteiger partial charge >= 0.3 is 0 Å². The lowest BCUT2D eigenvalue weighted by Crippen LogP contribution is -1.96. The van der Waals surface area contributed by atoms with Gasteiger partial charge in [-0.25, -0.2) is 9.97 Å². The molecular weight excluding hydrogens is 212 g/mol. The minimum Gasteiger partial charge on any atom is -0.460 e. The lowest BCUT2D eigenvalue weighted by atomic mass is 10.3. The molecule has 0 saturated heterocycles. The van der Waals surface area contributed by atoms with Crippen molar-refractivity contribution in [3.63, 3.8) is 0 Å². The maximum absolute atomic E-state index is 5.64. The van der Waals surface area contributed by atoms with Crippen LogP contribution in [0.5, 0.6) is 0 Å². The predicted octanol–water partition coefficient (Wildman–Crippen LogP) is 2.83.